The molecule has 0 aliphatic carbocycles. The molecule has 4 nitrogen and oxygen atoms in total. The molecule has 0 atom stereocenters. The average Bonchev–Trinajstić information content (AvgIpc) is 2.45. The van der Waals surface area contributed by atoms with Crippen molar-refractivity contribution in [1.29, 1.82) is 0 Å². The SMILES string of the molecule is CCOc1ccccc1C(=O)Nc1cc(N)c(C)cc1Br. The highest BCUT2D eigenvalue weighted by Crippen LogP contribution is 2.29. The van der Waals surface area contributed by atoms with Crippen molar-refractivity contribution < 1.29 is 9.53 Å². The molecule has 21 heavy (non-hydrogen) atoms. The minimum atomic E-state index is -0.233. The molecule has 2 aromatic carbocycles. The van der Waals surface area contributed by atoms with Crippen molar-refractivity contribution in [3.05, 3.63) is 52.0 Å². The lowest BCUT2D eigenvalue weighted by Crippen LogP contribution is -2.14. The number of halogens is 1. The zero-order valence-corrected chi connectivity index (χ0v) is 13.5. The van der Waals surface area contributed by atoms with Gasteiger partial charge in [-0.05, 0) is 59.6 Å². The maximum Gasteiger partial charge on any atom is 0.259 e. The topological polar surface area (TPSA) is 64.3 Å². The highest BCUT2D eigenvalue weighted by molar-refractivity contribution is 9.10. The Hall–Kier alpha value is -2.01. The largest absolute Gasteiger partial charge is 0.493 e. The van der Waals surface area contributed by atoms with Gasteiger partial charge in [0.2, 0.25) is 0 Å². The van der Waals surface area contributed by atoms with Crippen molar-refractivity contribution in [3.63, 3.8) is 0 Å². The summed E-state index contributed by atoms with van der Waals surface area (Å²) >= 11 is 3.43. The van der Waals surface area contributed by atoms with Gasteiger partial charge in [-0.25, -0.2) is 0 Å². The predicted octanol–water partition coefficient (Wildman–Crippen LogP) is 3.99. The number of hydrogen-bond donors (Lipinski definition) is 2. The second-order valence-corrected chi connectivity index (χ2v) is 5.43. The maximum atomic E-state index is 12.4. The summed E-state index contributed by atoms with van der Waals surface area (Å²) in [5.74, 6) is 0.330. The lowest BCUT2D eigenvalue weighted by Gasteiger charge is -2.12. The number of carbonyl (C=O) groups is 1. The van der Waals surface area contributed by atoms with E-state index in [1.807, 2.05) is 26.0 Å². The molecule has 0 saturated heterocycles. The van der Waals surface area contributed by atoms with Gasteiger partial charge >= 0.3 is 0 Å². The summed E-state index contributed by atoms with van der Waals surface area (Å²) in [6.45, 7) is 4.30. The van der Waals surface area contributed by atoms with Crippen LogP contribution in [0, 0.1) is 6.92 Å². The smallest absolute Gasteiger partial charge is 0.259 e. The lowest BCUT2D eigenvalue weighted by molar-refractivity contribution is 0.102. The van der Waals surface area contributed by atoms with Gasteiger partial charge in [-0.2, -0.15) is 0 Å². The van der Waals surface area contributed by atoms with Crippen molar-refractivity contribution in [1.82, 2.24) is 0 Å². The first-order valence-corrected chi connectivity index (χ1v) is 7.41. The summed E-state index contributed by atoms with van der Waals surface area (Å²) in [4.78, 5) is 12.4. The minimum Gasteiger partial charge on any atom is -0.493 e. The molecule has 3 N–H and O–H groups in total. The molecule has 0 heterocycles. The molecule has 0 bridgehead atoms. The third kappa shape index (κ3) is 3.55. The minimum absolute atomic E-state index is 0.233. The van der Waals surface area contributed by atoms with Crippen LogP contribution in [-0.4, -0.2) is 12.5 Å². The van der Waals surface area contributed by atoms with E-state index in [4.69, 9.17) is 10.5 Å². The second kappa shape index (κ2) is 6.63. The van der Waals surface area contributed by atoms with Gasteiger partial charge in [0.1, 0.15) is 5.75 Å². The molecule has 5 heteroatoms. The second-order valence-electron chi connectivity index (χ2n) is 4.57. The van der Waals surface area contributed by atoms with Crippen LogP contribution in [0.15, 0.2) is 40.9 Å². The Morgan fingerprint density at radius 3 is 2.76 bits per heavy atom. The Labute approximate surface area is 132 Å². The zero-order valence-electron chi connectivity index (χ0n) is 11.9. The maximum absolute atomic E-state index is 12.4. The van der Waals surface area contributed by atoms with Crippen LogP contribution in [0.2, 0.25) is 0 Å². The first kappa shape index (κ1) is 15.4. The van der Waals surface area contributed by atoms with Crippen LogP contribution in [0.1, 0.15) is 22.8 Å². The molecule has 0 radical (unpaired) electrons. The number of nitrogen functional groups attached to an aromatic ring is 1. The standard InChI is InChI=1S/C16H17BrN2O2/c1-3-21-15-7-5-4-6-11(15)16(20)19-14-9-13(18)10(2)8-12(14)17/h4-9H,3,18H2,1-2H3,(H,19,20). The Balaban J connectivity index is 2.28. The van der Waals surface area contributed by atoms with E-state index in [0.717, 1.165) is 10.0 Å². The van der Waals surface area contributed by atoms with E-state index in [9.17, 15) is 4.79 Å². The normalized spacial score (nSPS) is 10.2. The molecule has 0 aromatic heterocycles. The lowest BCUT2D eigenvalue weighted by atomic mass is 10.1. The van der Waals surface area contributed by atoms with Crippen molar-refractivity contribution in [2.24, 2.45) is 0 Å². The monoisotopic (exact) mass is 348 g/mol. The number of benzene rings is 2. The summed E-state index contributed by atoms with van der Waals surface area (Å²) in [5, 5.41) is 2.85. The molecule has 0 aliphatic heterocycles. The highest BCUT2D eigenvalue weighted by atomic mass is 79.9. The van der Waals surface area contributed by atoms with E-state index >= 15 is 0 Å². The molecule has 0 unspecified atom stereocenters. The number of aryl methyl sites for hydroxylation is 1. The number of anilines is 2. The van der Waals surface area contributed by atoms with Crippen molar-refractivity contribution in [2.75, 3.05) is 17.7 Å². The van der Waals surface area contributed by atoms with E-state index < -0.39 is 0 Å². The third-order valence-electron chi connectivity index (χ3n) is 3.04. The molecule has 0 spiro atoms. The van der Waals surface area contributed by atoms with Gasteiger partial charge in [-0.3, -0.25) is 4.79 Å². The van der Waals surface area contributed by atoms with Gasteiger partial charge in [0.15, 0.2) is 0 Å². The van der Waals surface area contributed by atoms with Crippen molar-refractivity contribution in [2.45, 2.75) is 13.8 Å². The van der Waals surface area contributed by atoms with Crippen LogP contribution in [0.25, 0.3) is 0 Å². The Morgan fingerprint density at radius 2 is 2.05 bits per heavy atom. The highest BCUT2D eigenvalue weighted by Gasteiger charge is 2.14. The van der Waals surface area contributed by atoms with Gasteiger partial charge in [-0.1, -0.05) is 12.1 Å². The quantitative estimate of drug-likeness (QED) is 0.821. The summed E-state index contributed by atoms with van der Waals surface area (Å²) in [5.41, 5.74) is 8.59. The molecule has 2 aromatic rings. The van der Waals surface area contributed by atoms with Gasteiger partial charge in [0.25, 0.3) is 5.91 Å². The van der Waals surface area contributed by atoms with E-state index in [1.54, 1.807) is 24.3 Å². The van der Waals surface area contributed by atoms with Crippen LogP contribution in [0.4, 0.5) is 11.4 Å². The average molecular weight is 349 g/mol. The summed E-state index contributed by atoms with van der Waals surface area (Å²) < 4.78 is 6.26. The van der Waals surface area contributed by atoms with Gasteiger partial charge < -0.3 is 15.8 Å². The summed E-state index contributed by atoms with van der Waals surface area (Å²) in [6, 6.07) is 10.8. The number of rotatable bonds is 4. The number of nitrogens with two attached hydrogens (primary N) is 1. The van der Waals surface area contributed by atoms with Crippen LogP contribution < -0.4 is 15.8 Å². The Bertz CT molecular complexity index is 671. The molecule has 0 saturated carbocycles. The van der Waals surface area contributed by atoms with E-state index in [1.165, 1.54) is 0 Å². The molecule has 0 aliphatic rings. The number of hydrogen-bond acceptors (Lipinski definition) is 3. The van der Waals surface area contributed by atoms with Crippen LogP contribution in [0.5, 0.6) is 5.75 Å². The molecule has 110 valence electrons. The molecule has 1 amide bonds. The van der Waals surface area contributed by atoms with E-state index in [2.05, 4.69) is 21.2 Å². The first-order valence-electron chi connectivity index (χ1n) is 6.61. The number of carbonyl (C=O) groups excluding carboxylic acids is 1. The molecule has 2 rings (SSSR count). The predicted molar refractivity (Wildman–Crippen MR) is 88.9 cm³/mol. The van der Waals surface area contributed by atoms with Gasteiger partial charge in [-0.15, -0.1) is 0 Å². The number of amides is 1. The molecule has 0 fully saturated rings. The molecular weight excluding hydrogens is 332 g/mol. The van der Waals surface area contributed by atoms with Gasteiger partial charge in [0, 0.05) is 10.2 Å². The Kier molecular flexibility index (Phi) is 4.85. The van der Waals surface area contributed by atoms with Crippen LogP contribution in [-0.2, 0) is 0 Å². The number of nitrogens with one attached hydrogen (secondary N) is 1. The zero-order chi connectivity index (χ0) is 15.4. The van der Waals surface area contributed by atoms with Crippen molar-refractivity contribution >= 4 is 33.2 Å². The number of ether oxygens (including phenoxy) is 1. The fraction of sp³-hybridized carbons (Fsp3) is 0.188. The fourth-order valence-corrected chi connectivity index (χ4v) is 2.47. The molecular formula is C16H17BrN2O2. The van der Waals surface area contributed by atoms with Crippen LogP contribution in [0.3, 0.4) is 0 Å². The number of para-hydroxylation sites is 1. The third-order valence-corrected chi connectivity index (χ3v) is 3.69. The summed E-state index contributed by atoms with van der Waals surface area (Å²) in [6.07, 6.45) is 0. The fourth-order valence-electron chi connectivity index (χ4n) is 1.91. The van der Waals surface area contributed by atoms with Crippen LogP contribution >= 0.6 is 15.9 Å². The van der Waals surface area contributed by atoms with E-state index in [-0.39, 0.29) is 5.91 Å². The Morgan fingerprint density at radius 1 is 1.33 bits per heavy atom. The summed E-state index contributed by atoms with van der Waals surface area (Å²) in [7, 11) is 0. The van der Waals surface area contributed by atoms with E-state index in [0.29, 0.717) is 29.3 Å². The first-order chi connectivity index (χ1) is 10.0. The van der Waals surface area contributed by atoms with Crippen molar-refractivity contribution in [3.8, 4) is 5.75 Å². The van der Waals surface area contributed by atoms with Gasteiger partial charge in [0.05, 0.1) is 17.9 Å².